The second kappa shape index (κ2) is 7.07. The lowest BCUT2D eigenvalue weighted by Gasteiger charge is -2.36. The van der Waals surface area contributed by atoms with Crippen molar-refractivity contribution >= 4 is 23.2 Å². The number of hydrogen-bond acceptors (Lipinski definition) is 3. The normalized spacial score (nSPS) is 18.8. The molecule has 1 saturated heterocycles. The number of amides is 1. The summed E-state index contributed by atoms with van der Waals surface area (Å²) in [5.74, 6) is 0.0391. The molecule has 2 rings (SSSR count). The van der Waals surface area contributed by atoms with Crippen molar-refractivity contribution in [1.82, 2.24) is 9.80 Å². The van der Waals surface area contributed by atoms with Gasteiger partial charge < -0.3 is 10.2 Å². The maximum absolute atomic E-state index is 12.2. The highest BCUT2D eigenvalue weighted by Crippen LogP contribution is 2.14. The van der Waals surface area contributed by atoms with Crippen molar-refractivity contribution in [1.29, 1.82) is 0 Å². The van der Waals surface area contributed by atoms with Crippen LogP contribution in [0.15, 0.2) is 24.3 Å². The standard InChI is InChI=1S/C15H22ClN3O/c1-3-18-8-10-19(11-9-18)12(2)15(20)17-14-6-4-13(16)5-7-14/h4-7,12H,3,8-11H2,1-2H3,(H,17,20)/t12-/m0/s1. The van der Waals surface area contributed by atoms with Crippen LogP contribution in [0, 0.1) is 0 Å². The van der Waals surface area contributed by atoms with E-state index in [1.807, 2.05) is 19.1 Å². The first-order valence-corrected chi connectivity index (χ1v) is 7.50. The van der Waals surface area contributed by atoms with Crippen molar-refractivity contribution in [2.24, 2.45) is 0 Å². The molecule has 110 valence electrons. The van der Waals surface area contributed by atoms with E-state index in [2.05, 4.69) is 22.0 Å². The van der Waals surface area contributed by atoms with Gasteiger partial charge in [-0.1, -0.05) is 18.5 Å². The summed E-state index contributed by atoms with van der Waals surface area (Å²) in [6.45, 7) is 9.19. The molecule has 0 bridgehead atoms. The summed E-state index contributed by atoms with van der Waals surface area (Å²) < 4.78 is 0. The van der Waals surface area contributed by atoms with Crippen molar-refractivity contribution in [3.8, 4) is 0 Å². The average Bonchev–Trinajstić information content (AvgIpc) is 2.49. The molecular formula is C15H22ClN3O. The molecule has 1 aromatic rings. The number of carbonyl (C=O) groups excluding carboxylic acids is 1. The molecule has 1 aromatic carbocycles. The third-order valence-corrected chi connectivity index (χ3v) is 4.14. The number of halogens is 1. The van der Waals surface area contributed by atoms with Crippen LogP contribution in [0.25, 0.3) is 0 Å². The first-order chi connectivity index (χ1) is 9.60. The summed E-state index contributed by atoms with van der Waals surface area (Å²) >= 11 is 5.83. The van der Waals surface area contributed by atoms with Gasteiger partial charge in [-0.15, -0.1) is 0 Å². The molecule has 4 nitrogen and oxygen atoms in total. The molecule has 0 spiro atoms. The van der Waals surface area contributed by atoms with Crippen LogP contribution < -0.4 is 5.32 Å². The molecule has 1 aliphatic rings. The van der Waals surface area contributed by atoms with Gasteiger partial charge in [0.05, 0.1) is 6.04 Å². The topological polar surface area (TPSA) is 35.6 Å². The largest absolute Gasteiger partial charge is 0.325 e. The molecule has 0 aliphatic carbocycles. The van der Waals surface area contributed by atoms with E-state index in [1.165, 1.54) is 0 Å². The van der Waals surface area contributed by atoms with Crippen LogP contribution in [0.5, 0.6) is 0 Å². The van der Waals surface area contributed by atoms with Gasteiger partial charge in [-0.05, 0) is 37.7 Å². The number of carbonyl (C=O) groups is 1. The number of rotatable bonds is 4. The Hall–Kier alpha value is -1.10. The van der Waals surface area contributed by atoms with E-state index in [0.717, 1.165) is 38.4 Å². The van der Waals surface area contributed by atoms with Crippen LogP contribution in [-0.4, -0.2) is 54.5 Å². The zero-order valence-corrected chi connectivity index (χ0v) is 12.9. The van der Waals surface area contributed by atoms with Crippen LogP contribution in [0.4, 0.5) is 5.69 Å². The molecule has 20 heavy (non-hydrogen) atoms. The third-order valence-electron chi connectivity index (χ3n) is 3.89. The van der Waals surface area contributed by atoms with Gasteiger partial charge in [0.15, 0.2) is 0 Å². The summed E-state index contributed by atoms with van der Waals surface area (Å²) in [6, 6.07) is 7.10. The Morgan fingerprint density at radius 3 is 2.40 bits per heavy atom. The zero-order chi connectivity index (χ0) is 14.5. The Bertz CT molecular complexity index is 441. The quantitative estimate of drug-likeness (QED) is 0.926. The van der Waals surface area contributed by atoms with E-state index < -0.39 is 0 Å². The average molecular weight is 296 g/mol. The number of nitrogens with one attached hydrogen (secondary N) is 1. The fourth-order valence-corrected chi connectivity index (χ4v) is 2.54. The number of piperazine rings is 1. The minimum Gasteiger partial charge on any atom is -0.325 e. The zero-order valence-electron chi connectivity index (χ0n) is 12.1. The SMILES string of the molecule is CCN1CCN([C@@H](C)C(=O)Nc2ccc(Cl)cc2)CC1. The lowest BCUT2D eigenvalue weighted by atomic mass is 10.2. The maximum Gasteiger partial charge on any atom is 0.241 e. The number of likely N-dealkylation sites (N-methyl/N-ethyl adjacent to an activating group) is 1. The van der Waals surface area contributed by atoms with Gasteiger partial charge >= 0.3 is 0 Å². The highest BCUT2D eigenvalue weighted by molar-refractivity contribution is 6.30. The second-order valence-corrected chi connectivity index (χ2v) is 5.58. The molecule has 1 aliphatic heterocycles. The molecular weight excluding hydrogens is 274 g/mol. The number of benzene rings is 1. The van der Waals surface area contributed by atoms with Gasteiger partial charge in [0.1, 0.15) is 0 Å². The van der Waals surface area contributed by atoms with E-state index in [9.17, 15) is 4.79 Å². The Morgan fingerprint density at radius 1 is 1.25 bits per heavy atom. The minimum absolute atomic E-state index is 0.0391. The minimum atomic E-state index is -0.107. The number of hydrogen-bond donors (Lipinski definition) is 1. The van der Waals surface area contributed by atoms with Crippen molar-refractivity contribution < 1.29 is 4.79 Å². The summed E-state index contributed by atoms with van der Waals surface area (Å²) in [7, 11) is 0. The van der Waals surface area contributed by atoms with Crippen LogP contribution in [-0.2, 0) is 4.79 Å². The van der Waals surface area contributed by atoms with E-state index in [1.54, 1.807) is 12.1 Å². The summed E-state index contributed by atoms with van der Waals surface area (Å²) in [5, 5.41) is 3.61. The number of anilines is 1. The lowest BCUT2D eigenvalue weighted by molar-refractivity contribution is -0.121. The molecule has 1 amide bonds. The van der Waals surface area contributed by atoms with Crippen LogP contribution in [0.1, 0.15) is 13.8 Å². The molecule has 1 fully saturated rings. The molecule has 1 N–H and O–H groups in total. The monoisotopic (exact) mass is 295 g/mol. The predicted molar refractivity (Wildman–Crippen MR) is 83.2 cm³/mol. The van der Waals surface area contributed by atoms with Crippen molar-refractivity contribution in [3.05, 3.63) is 29.3 Å². The Labute approximate surface area is 125 Å². The van der Waals surface area contributed by atoms with Gasteiger partial charge in [0.25, 0.3) is 0 Å². The summed E-state index contributed by atoms with van der Waals surface area (Å²) in [6.07, 6.45) is 0. The number of nitrogens with zero attached hydrogens (tertiary/aromatic N) is 2. The lowest BCUT2D eigenvalue weighted by Crippen LogP contribution is -2.52. The molecule has 1 heterocycles. The van der Waals surface area contributed by atoms with Crippen LogP contribution in [0.2, 0.25) is 5.02 Å². The maximum atomic E-state index is 12.2. The fourth-order valence-electron chi connectivity index (χ4n) is 2.41. The first kappa shape index (κ1) is 15.3. The summed E-state index contributed by atoms with van der Waals surface area (Å²) in [5.41, 5.74) is 0.790. The van der Waals surface area contributed by atoms with E-state index in [4.69, 9.17) is 11.6 Å². The molecule has 5 heteroatoms. The van der Waals surface area contributed by atoms with Gasteiger partial charge in [-0.2, -0.15) is 0 Å². The molecule has 0 saturated carbocycles. The van der Waals surface area contributed by atoms with Crippen LogP contribution in [0.3, 0.4) is 0 Å². The van der Waals surface area contributed by atoms with Crippen LogP contribution >= 0.6 is 11.6 Å². The molecule has 0 radical (unpaired) electrons. The van der Waals surface area contributed by atoms with Gasteiger partial charge in [-0.3, -0.25) is 9.69 Å². The molecule has 1 atom stereocenters. The Balaban J connectivity index is 1.87. The highest BCUT2D eigenvalue weighted by Gasteiger charge is 2.24. The van der Waals surface area contributed by atoms with Gasteiger partial charge in [0.2, 0.25) is 5.91 Å². The molecule has 0 aromatic heterocycles. The van der Waals surface area contributed by atoms with E-state index in [0.29, 0.717) is 5.02 Å². The Kier molecular flexibility index (Phi) is 5.40. The van der Waals surface area contributed by atoms with E-state index in [-0.39, 0.29) is 11.9 Å². The second-order valence-electron chi connectivity index (χ2n) is 5.14. The predicted octanol–water partition coefficient (Wildman–Crippen LogP) is 2.30. The summed E-state index contributed by atoms with van der Waals surface area (Å²) in [4.78, 5) is 16.9. The van der Waals surface area contributed by atoms with Crippen molar-refractivity contribution in [2.75, 3.05) is 38.0 Å². The highest BCUT2D eigenvalue weighted by atomic mass is 35.5. The van der Waals surface area contributed by atoms with Crippen molar-refractivity contribution in [3.63, 3.8) is 0 Å². The van der Waals surface area contributed by atoms with Crippen molar-refractivity contribution in [2.45, 2.75) is 19.9 Å². The smallest absolute Gasteiger partial charge is 0.241 e. The van der Waals surface area contributed by atoms with Gasteiger partial charge in [-0.25, -0.2) is 0 Å². The van der Waals surface area contributed by atoms with E-state index >= 15 is 0 Å². The molecule has 0 unspecified atom stereocenters. The fraction of sp³-hybridized carbons (Fsp3) is 0.533. The Morgan fingerprint density at radius 2 is 1.85 bits per heavy atom. The third kappa shape index (κ3) is 3.95. The first-order valence-electron chi connectivity index (χ1n) is 7.13. The van der Waals surface area contributed by atoms with Gasteiger partial charge in [0, 0.05) is 36.9 Å².